The van der Waals surface area contributed by atoms with Gasteiger partial charge < -0.3 is 15.4 Å². The minimum Gasteiger partial charge on any atom is -0.385 e. The molecule has 0 saturated heterocycles. The minimum atomic E-state index is 0.0310. The Hall–Kier alpha value is -1.39. The van der Waals surface area contributed by atoms with Crippen molar-refractivity contribution in [2.24, 2.45) is 0 Å². The van der Waals surface area contributed by atoms with Gasteiger partial charge in [-0.3, -0.25) is 4.79 Å². The number of amides is 1. The van der Waals surface area contributed by atoms with E-state index < -0.39 is 0 Å². The standard InChI is InChI=1S/C16H26N2O2/c1-17-12-10-14-8-4-5-9-15(14)16(19)18-11-6-3-7-13-20-2/h4-5,8-9,17H,3,6-7,10-13H2,1-2H3,(H,18,19). The van der Waals surface area contributed by atoms with Crippen molar-refractivity contribution in [1.29, 1.82) is 0 Å². The van der Waals surface area contributed by atoms with Crippen molar-refractivity contribution in [1.82, 2.24) is 10.6 Å². The van der Waals surface area contributed by atoms with Gasteiger partial charge in [0.25, 0.3) is 5.91 Å². The van der Waals surface area contributed by atoms with Crippen molar-refractivity contribution >= 4 is 5.91 Å². The third-order valence-corrected chi connectivity index (χ3v) is 3.22. The minimum absolute atomic E-state index is 0.0310. The molecule has 112 valence electrons. The van der Waals surface area contributed by atoms with Crippen LogP contribution in [-0.2, 0) is 11.2 Å². The molecule has 0 atom stereocenters. The number of ether oxygens (including phenoxy) is 1. The summed E-state index contributed by atoms with van der Waals surface area (Å²) in [5.74, 6) is 0.0310. The predicted octanol–water partition coefficient (Wildman–Crippen LogP) is 1.99. The second-order valence-corrected chi connectivity index (χ2v) is 4.82. The lowest BCUT2D eigenvalue weighted by molar-refractivity contribution is 0.0951. The van der Waals surface area contributed by atoms with E-state index in [4.69, 9.17) is 4.74 Å². The molecule has 1 rings (SSSR count). The summed E-state index contributed by atoms with van der Waals surface area (Å²) in [5.41, 5.74) is 1.89. The lowest BCUT2D eigenvalue weighted by Gasteiger charge is -2.10. The van der Waals surface area contributed by atoms with Gasteiger partial charge in [-0.05, 0) is 50.9 Å². The Labute approximate surface area is 121 Å². The lowest BCUT2D eigenvalue weighted by Crippen LogP contribution is -2.26. The maximum Gasteiger partial charge on any atom is 0.251 e. The molecule has 1 amide bonds. The number of benzene rings is 1. The van der Waals surface area contributed by atoms with Crippen LogP contribution in [0.3, 0.4) is 0 Å². The summed E-state index contributed by atoms with van der Waals surface area (Å²) in [6.45, 7) is 2.39. The van der Waals surface area contributed by atoms with Crippen LogP contribution in [0.4, 0.5) is 0 Å². The molecular weight excluding hydrogens is 252 g/mol. The molecule has 0 unspecified atom stereocenters. The topological polar surface area (TPSA) is 50.4 Å². The molecule has 0 spiro atoms. The highest BCUT2D eigenvalue weighted by Gasteiger charge is 2.09. The average molecular weight is 278 g/mol. The third kappa shape index (κ3) is 6.17. The van der Waals surface area contributed by atoms with Crippen molar-refractivity contribution in [3.63, 3.8) is 0 Å². The first-order valence-corrected chi connectivity index (χ1v) is 7.29. The lowest BCUT2D eigenvalue weighted by atomic mass is 10.0. The largest absolute Gasteiger partial charge is 0.385 e. The van der Waals surface area contributed by atoms with E-state index in [1.165, 1.54) is 0 Å². The SMILES string of the molecule is CNCCc1ccccc1C(=O)NCCCCCOC. The maximum absolute atomic E-state index is 12.2. The van der Waals surface area contributed by atoms with Gasteiger partial charge in [-0.15, -0.1) is 0 Å². The Morgan fingerprint density at radius 2 is 1.95 bits per heavy atom. The molecule has 0 aliphatic heterocycles. The summed E-state index contributed by atoms with van der Waals surface area (Å²) in [4.78, 5) is 12.2. The molecule has 4 nitrogen and oxygen atoms in total. The number of hydrogen-bond donors (Lipinski definition) is 2. The van der Waals surface area contributed by atoms with Crippen LogP contribution >= 0.6 is 0 Å². The fraction of sp³-hybridized carbons (Fsp3) is 0.562. The van der Waals surface area contributed by atoms with Crippen molar-refractivity contribution in [3.05, 3.63) is 35.4 Å². The van der Waals surface area contributed by atoms with E-state index in [0.717, 1.165) is 56.5 Å². The van der Waals surface area contributed by atoms with Crippen molar-refractivity contribution in [2.75, 3.05) is 33.9 Å². The van der Waals surface area contributed by atoms with E-state index in [1.54, 1.807) is 7.11 Å². The second-order valence-electron chi connectivity index (χ2n) is 4.82. The van der Waals surface area contributed by atoms with Gasteiger partial charge in [0.1, 0.15) is 0 Å². The Bertz CT molecular complexity index is 394. The van der Waals surface area contributed by atoms with E-state index in [2.05, 4.69) is 10.6 Å². The van der Waals surface area contributed by atoms with Gasteiger partial charge in [-0.1, -0.05) is 18.2 Å². The first-order chi connectivity index (χ1) is 9.79. The summed E-state index contributed by atoms with van der Waals surface area (Å²) in [6, 6.07) is 7.80. The maximum atomic E-state index is 12.2. The number of rotatable bonds is 10. The summed E-state index contributed by atoms with van der Waals surface area (Å²) >= 11 is 0. The Kier molecular flexibility index (Phi) is 8.67. The first-order valence-electron chi connectivity index (χ1n) is 7.29. The zero-order chi connectivity index (χ0) is 14.6. The van der Waals surface area contributed by atoms with Gasteiger partial charge in [0.05, 0.1) is 0 Å². The van der Waals surface area contributed by atoms with E-state index in [0.29, 0.717) is 0 Å². The average Bonchev–Trinajstić information content (AvgIpc) is 2.48. The zero-order valence-electron chi connectivity index (χ0n) is 12.6. The number of carbonyl (C=O) groups is 1. The monoisotopic (exact) mass is 278 g/mol. The van der Waals surface area contributed by atoms with Gasteiger partial charge in [0.2, 0.25) is 0 Å². The van der Waals surface area contributed by atoms with Crippen LogP contribution in [0.15, 0.2) is 24.3 Å². The smallest absolute Gasteiger partial charge is 0.251 e. The van der Waals surface area contributed by atoms with Gasteiger partial charge in [-0.25, -0.2) is 0 Å². The normalized spacial score (nSPS) is 10.5. The first kappa shape index (κ1) is 16.7. The van der Waals surface area contributed by atoms with Crippen LogP contribution in [0.5, 0.6) is 0 Å². The Morgan fingerprint density at radius 3 is 2.70 bits per heavy atom. The summed E-state index contributed by atoms with van der Waals surface area (Å²) < 4.78 is 5.00. The molecule has 1 aromatic rings. The molecule has 0 radical (unpaired) electrons. The molecule has 1 aromatic carbocycles. The van der Waals surface area contributed by atoms with Crippen LogP contribution in [0.25, 0.3) is 0 Å². The van der Waals surface area contributed by atoms with Gasteiger partial charge in [0.15, 0.2) is 0 Å². The molecule has 2 N–H and O–H groups in total. The number of likely N-dealkylation sites (N-methyl/N-ethyl adjacent to an activating group) is 1. The van der Waals surface area contributed by atoms with Gasteiger partial charge >= 0.3 is 0 Å². The molecule has 0 aliphatic carbocycles. The van der Waals surface area contributed by atoms with E-state index in [-0.39, 0.29) is 5.91 Å². The molecular formula is C16H26N2O2. The highest BCUT2D eigenvalue weighted by molar-refractivity contribution is 5.95. The third-order valence-electron chi connectivity index (χ3n) is 3.22. The zero-order valence-corrected chi connectivity index (χ0v) is 12.6. The molecule has 0 fully saturated rings. The highest BCUT2D eigenvalue weighted by atomic mass is 16.5. The predicted molar refractivity (Wildman–Crippen MR) is 82.1 cm³/mol. The number of methoxy groups -OCH3 is 1. The molecule has 0 aliphatic rings. The molecule has 20 heavy (non-hydrogen) atoms. The van der Waals surface area contributed by atoms with Crippen LogP contribution in [-0.4, -0.2) is 39.8 Å². The Balaban J connectivity index is 2.38. The summed E-state index contributed by atoms with van der Waals surface area (Å²) in [5, 5.41) is 6.10. The van der Waals surface area contributed by atoms with Crippen molar-refractivity contribution < 1.29 is 9.53 Å². The van der Waals surface area contributed by atoms with Gasteiger partial charge in [0, 0.05) is 25.8 Å². The van der Waals surface area contributed by atoms with E-state index in [1.807, 2.05) is 31.3 Å². The molecule has 0 bridgehead atoms. The van der Waals surface area contributed by atoms with E-state index in [9.17, 15) is 4.79 Å². The molecule has 4 heteroatoms. The number of hydrogen-bond acceptors (Lipinski definition) is 3. The van der Waals surface area contributed by atoms with Crippen molar-refractivity contribution in [3.8, 4) is 0 Å². The van der Waals surface area contributed by atoms with Crippen LogP contribution in [0, 0.1) is 0 Å². The van der Waals surface area contributed by atoms with Crippen LogP contribution in [0.1, 0.15) is 35.2 Å². The number of unbranched alkanes of at least 4 members (excludes halogenated alkanes) is 2. The quantitative estimate of drug-likeness (QED) is 0.644. The number of carbonyl (C=O) groups excluding carboxylic acids is 1. The molecule has 0 aromatic heterocycles. The van der Waals surface area contributed by atoms with E-state index >= 15 is 0 Å². The highest BCUT2D eigenvalue weighted by Crippen LogP contribution is 2.09. The fourth-order valence-electron chi connectivity index (χ4n) is 2.06. The molecule has 0 heterocycles. The second kappa shape index (κ2) is 10.4. The Morgan fingerprint density at radius 1 is 1.15 bits per heavy atom. The molecule has 0 saturated carbocycles. The number of nitrogens with one attached hydrogen (secondary N) is 2. The van der Waals surface area contributed by atoms with Crippen molar-refractivity contribution in [2.45, 2.75) is 25.7 Å². The van der Waals surface area contributed by atoms with Crippen LogP contribution in [0.2, 0.25) is 0 Å². The summed E-state index contributed by atoms with van der Waals surface area (Å²) in [7, 11) is 3.63. The van der Waals surface area contributed by atoms with Gasteiger partial charge in [-0.2, -0.15) is 0 Å². The van der Waals surface area contributed by atoms with Crippen LogP contribution < -0.4 is 10.6 Å². The summed E-state index contributed by atoms with van der Waals surface area (Å²) in [6.07, 6.45) is 3.99. The fourth-order valence-corrected chi connectivity index (χ4v) is 2.06.